The quantitative estimate of drug-likeness (QED) is 0.589. The lowest BCUT2D eigenvalue weighted by Gasteiger charge is -2.36. The summed E-state index contributed by atoms with van der Waals surface area (Å²) in [5.74, 6) is -4.27. The molecule has 2 aliphatic heterocycles. The van der Waals surface area contributed by atoms with Crippen molar-refractivity contribution in [1.82, 2.24) is 0 Å². The zero-order valence-corrected chi connectivity index (χ0v) is 19.3. The highest BCUT2D eigenvalue weighted by Crippen LogP contribution is 2.46. The number of ether oxygens (including phenoxy) is 4. The molecule has 1 atom stereocenters. The zero-order chi connectivity index (χ0) is 26.0. The summed E-state index contributed by atoms with van der Waals surface area (Å²) in [6.07, 6.45) is 0. The Bertz CT molecular complexity index is 1360. The highest BCUT2D eigenvalue weighted by molar-refractivity contribution is 6.08. The second kappa shape index (κ2) is 9.71. The van der Waals surface area contributed by atoms with Gasteiger partial charge in [-0.2, -0.15) is 5.26 Å². The third-order valence-electron chi connectivity index (χ3n) is 5.74. The van der Waals surface area contributed by atoms with E-state index in [1.807, 2.05) is 6.07 Å². The van der Waals surface area contributed by atoms with Gasteiger partial charge in [0.15, 0.2) is 11.5 Å². The maximum atomic E-state index is 13.2. The molecule has 0 saturated carbocycles. The van der Waals surface area contributed by atoms with Crippen molar-refractivity contribution in [3.05, 3.63) is 76.3 Å². The second-order valence-electron chi connectivity index (χ2n) is 7.65. The van der Waals surface area contributed by atoms with Gasteiger partial charge in [0.2, 0.25) is 0 Å². The lowest BCUT2D eigenvalue weighted by molar-refractivity contribution is -0.139. The Morgan fingerprint density at radius 3 is 2.22 bits per heavy atom. The van der Waals surface area contributed by atoms with E-state index in [2.05, 4.69) is 0 Å². The standard InChI is InChI=1S/C25H21N3O8/c1-33-24(31)20-19(13-6-4-3-5-7-13)15(12-26)22(27)28(21(20)25(32)34-2)16-11-18-17(35-8-9-36-18)10-14(16)23(29)30/h3-7,10-11,19H,8-9,27H2,1-2H3,(H,29,30). The molecule has 2 aromatic carbocycles. The molecule has 11 heteroatoms. The molecule has 2 aromatic rings. The van der Waals surface area contributed by atoms with Crippen molar-refractivity contribution in [3.63, 3.8) is 0 Å². The minimum atomic E-state index is -1.37. The molecule has 2 aliphatic rings. The summed E-state index contributed by atoms with van der Waals surface area (Å²) < 4.78 is 21.0. The van der Waals surface area contributed by atoms with Gasteiger partial charge in [0, 0.05) is 12.1 Å². The van der Waals surface area contributed by atoms with Crippen LogP contribution in [-0.2, 0) is 19.1 Å². The van der Waals surface area contributed by atoms with E-state index in [1.54, 1.807) is 30.3 Å². The molecule has 36 heavy (non-hydrogen) atoms. The van der Waals surface area contributed by atoms with Crippen molar-refractivity contribution in [1.29, 1.82) is 5.26 Å². The number of anilines is 1. The van der Waals surface area contributed by atoms with Crippen molar-refractivity contribution < 1.29 is 38.4 Å². The third kappa shape index (κ3) is 3.94. The number of aromatic carboxylic acids is 1. The summed E-state index contributed by atoms with van der Waals surface area (Å²) in [7, 11) is 2.22. The molecule has 184 valence electrons. The molecule has 0 spiro atoms. The number of methoxy groups -OCH3 is 2. The number of hydrogen-bond donors (Lipinski definition) is 2. The monoisotopic (exact) mass is 491 g/mol. The van der Waals surface area contributed by atoms with Crippen LogP contribution in [-0.4, -0.2) is 50.4 Å². The second-order valence-corrected chi connectivity index (χ2v) is 7.65. The molecule has 3 N–H and O–H groups in total. The topological polar surface area (TPSA) is 161 Å². The minimum absolute atomic E-state index is 0.0968. The molecular weight excluding hydrogens is 470 g/mol. The van der Waals surface area contributed by atoms with Crippen molar-refractivity contribution in [2.45, 2.75) is 5.92 Å². The lowest BCUT2D eigenvalue weighted by atomic mass is 9.80. The fraction of sp³-hybridized carbons (Fsp3) is 0.200. The first-order chi connectivity index (χ1) is 17.3. The average Bonchev–Trinajstić information content (AvgIpc) is 2.91. The number of nitrogens with zero attached hydrogens (tertiary/aromatic N) is 2. The van der Waals surface area contributed by atoms with Gasteiger partial charge in [0.1, 0.15) is 24.7 Å². The van der Waals surface area contributed by atoms with Crippen LogP contribution in [0.25, 0.3) is 0 Å². The highest BCUT2D eigenvalue weighted by atomic mass is 16.6. The molecule has 0 saturated heterocycles. The Morgan fingerprint density at radius 1 is 1.06 bits per heavy atom. The van der Waals surface area contributed by atoms with Gasteiger partial charge in [0.25, 0.3) is 0 Å². The maximum absolute atomic E-state index is 13.2. The Kier molecular flexibility index (Phi) is 6.52. The van der Waals surface area contributed by atoms with E-state index in [-0.39, 0.29) is 52.9 Å². The Labute approximate surface area is 205 Å². The van der Waals surface area contributed by atoms with Gasteiger partial charge in [-0.25, -0.2) is 14.4 Å². The molecule has 0 amide bonds. The maximum Gasteiger partial charge on any atom is 0.355 e. The molecule has 0 radical (unpaired) electrons. The lowest BCUT2D eigenvalue weighted by Crippen LogP contribution is -2.41. The molecule has 0 bridgehead atoms. The molecule has 4 rings (SSSR count). The summed E-state index contributed by atoms with van der Waals surface area (Å²) in [5, 5.41) is 20.1. The van der Waals surface area contributed by atoms with Crippen LogP contribution in [0.3, 0.4) is 0 Å². The predicted octanol–water partition coefficient (Wildman–Crippen LogP) is 2.05. The predicted molar refractivity (Wildman–Crippen MR) is 124 cm³/mol. The number of carbonyl (C=O) groups excluding carboxylic acids is 2. The van der Waals surface area contributed by atoms with E-state index >= 15 is 0 Å². The zero-order valence-electron chi connectivity index (χ0n) is 19.3. The fourth-order valence-electron chi connectivity index (χ4n) is 4.20. The van der Waals surface area contributed by atoms with Crippen LogP contribution in [0.15, 0.2) is 65.1 Å². The van der Waals surface area contributed by atoms with E-state index in [0.29, 0.717) is 5.56 Å². The van der Waals surface area contributed by atoms with Crippen LogP contribution in [0.2, 0.25) is 0 Å². The van der Waals surface area contributed by atoms with E-state index < -0.39 is 29.5 Å². The van der Waals surface area contributed by atoms with Gasteiger partial charge in [-0.1, -0.05) is 30.3 Å². The Hall–Kier alpha value is -4.98. The van der Waals surface area contributed by atoms with Gasteiger partial charge >= 0.3 is 17.9 Å². The van der Waals surface area contributed by atoms with Gasteiger partial charge in [-0.05, 0) is 5.56 Å². The molecule has 1 unspecified atom stereocenters. The van der Waals surface area contributed by atoms with Crippen LogP contribution in [0.4, 0.5) is 5.69 Å². The van der Waals surface area contributed by atoms with Gasteiger partial charge in [-0.3, -0.25) is 4.90 Å². The van der Waals surface area contributed by atoms with E-state index in [4.69, 9.17) is 24.7 Å². The number of carbonyl (C=O) groups is 3. The normalized spacial score (nSPS) is 16.8. The number of benzene rings is 2. The van der Waals surface area contributed by atoms with Gasteiger partial charge in [-0.15, -0.1) is 0 Å². The summed E-state index contributed by atoms with van der Waals surface area (Å²) in [6, 6.07) is 13.0. The van der Waals surface area contributed by atoms with Crippen LogP contribution >= 0.6 is 0 Å². The Balaban J connectivity index is 2.10. The highest BCUT2D eigenvalue weighted by Gasteiger charge is 2.44. The van der Waals surface area contributed by atoms with Crippen LogP contribution in [0.5, 0.6) is 11.5 Å². The van der Waals surface area contributed by atoms with Crippen molar-refractivity contribution in [3.8, 4) is 17.6 Å². The van der Waals surface area contributed by atoms with E-state index in [9.17, 15) is 24.8 Å². The number of esters is 2. The molecule has 0 aromatic heterocycles. The van der Waals surface area contributed by atoms with Crippen LogP contribution < -0.4 is 20.1 Å². The van der Waals surface area contributed by atoms with E-state index in [0.717, 1.165) is 19.1 Å². The number of nitriles is 1. The van der Waals surface area contributed by atoms with Crippen molar-refractivity contribution in [2.24, 2.45) is 5.73 Å². The smallest absolute Gasteiger partial charge is 0.355 e. The summed E-state index contributed by atoms with van der Waals surface area (Å²) in [5.41, 5.74) is 5.75. The largest absolute Gasteiger partial charge is 0.486 e. The third-order valence-corrected chi connectivity index (χ3v) is 5.74. The van der Waals surface area contributed by atoms with Crippen molar-refractivity contribution >= 4 is 23.6 Å². The first kappa shape index (κ1) is 24.2. The first-order valence-corrected chi connectivity index (χ1v) is 10.7. The molecule has 0 fully saturated rings. The number of fused-ring (bicyclic) bond motifs is 1. The summed E-state index contributed by atoms with van der Waals surface area (Å²) >= 11 is 0. The van der Waals surface area contributed by atoms with Crippen molar-refractivity contribution in [2.75, 3.05) is 32.3 Å². The molecule has 11 nitrogen and oxygen atoms in total. The average molecular weight is 491 g/mol. The summed E-state index contributed by atoms with van der Waals surface area (Å²) in [4.78, 5) is 39.6. The number of allylic oxidation sites excluding steroid dienone is 1. The van der Waals surface area contributed by atoms with Gasteiger partial charge in [0.05, 0.1) is 48.6 Å². The number of carboxylic acid groups (broad SMARTS) is 1. The number of hydrogen-bond acceptors (Lipinski definition) is 10. The summed E-state index contributed by atoms with van der Waals surface area (Å²) in [6.45, 7) is 0.422. The fourth-order valence-corrected chi connectivity index (χ4v) is 4.20. The SMILES string of the molecule is COC(=O)C1=C(C(=O)OC)N(c2cc3c(cc2C(=O)O)OCCO3)C(N)=C(C#N)C1c1ccccc1. The Morgan fingerprint density at radius 2 is 1.67 bits per heavy atom. The van der Waals surface area contributed by atoms with Gasteiger partial charge < -0.3 is 29.8 Å². The minimum Gasteiger partial charge on any atom is -0.486 e. The molecular formula is C25H21N3O8. The number of rotatable bonds is 5. The molecule has 2 heterocycles. The first-order valence-electron chi connectivity index (χ1n) is 10.7. The van der Waals surface area contributed by atoms with E-state index in [1.165, 1.54) is 12.1 Å². The molecule has 0 aliphatic carbocycles. The number of nitrogens with two attached hydrogens (primary N) is 1. The van der Waals surface area contributed by atoms with Crippen LogP contribution in [0, 0.1) is 11.3 Å². The van der Waals surface area contributed by atoms with Crippen LogP contribution in [0.1, 0.15) is 21.8 Å². The number of carboxylic acids is 1.